The van der Waals surface area contributed by atoms with Gasteiger partial charge in [-0.25, -0.2) is 4.79 Å². The summed E-state index contributed by atoms with van der Waals surface area (Å²) in [6, 6.07) is 18.5. The molecule has 37 heavy (non-hydrogen) atoms. The van der Waals surface area contributed by atoms with Crippen molar-refractivity contribution < 1.29 is 14.3 Å². The molecular weight excluding hydrogens is 531 g/mol. The van der Waals surface area contributed by atoms with E-state index in [1.54, 1.807) is 34.4 Å². The van der Waals surface area contributed by atoms with Crippen molar-refractivity contribution in [3.8, 4) is 0 Å². The van der Waals surface area contributed by atoms with Crippen LogP contribution in [0.15, 0.2) is 66.0 Å². The van der Waals surface area contributed by atoms with Crippen molar-refractivity contribution in [2.24, 2.45) is 0 Å². The summed E-state index contributed by atoms with van der Waals surface area (Å²) in [6.45, 7) is 4.75. The average molecular weight is 562 g/mol. The van der Waals surface area contributed by atoms with Crippen molar-refractivity contribution in [3.63, 3.8) is 0 Å². The maximum atomic E-state index is 13.6. The molecule has 1 aromatic heterocycles. The van der Waals surface area contributed by atoms with Gasteiger partial charge in [-0.15, -0.1) is 11.3 Å². The molecule has 3 aromatic rings. The molecule has 1 aliphatic rings. The molecule has 2 heterocycles. The Bertz CT molecular complexity index is 1140. The van der Waals surface area contributed by atoms with Gasteiger partial charge in [-0.05, 0) is 29.1 Å². The number of thiophene rings is 1. The third-order valence-corrected chi connectivity index (χ3v) is 7.58. The van der Waals surface area contributed by atoms with Crippen LogP contribution in [0.5, 0.6) is 0 Å². The van der Waals surface area contributed by atoms with Crippen LogP contribution in [-0.2, 0) is 22.6 Å². The molecule has 4 rings (SSSR count). The fourth-order valence-electron chi connectivity index (χ4n) is 4.03. The second-order valence-corrected chi connectivity index (χ2v) is 10.6. The first kappa shape index (κ1) is 27.4. The van der Waals surface area contributed by atoms with Crippen LogP contribution in [0.25, 0.3) is 0 Å². The number of carbonyl (C=O) groups is 2. The van der Waals surface area contributed by atoms with E-state index < -0.39 is 6.03 Å². The number of hydrogen-bond donors (Lipinski definition) is 1. The molecule has 1 aliphatic heterocycles. The number of para-hydroxylation sites is 1. The molecule has 2 aromatic carbocycles. The highest BCUT2D eigenvalue weighted by Gasteiger charge is 2.24. The summed E-state index contributed by atoms with van der Waals surface area (Å²) >= 11 is 14.2. The van der Waals surface area contributed by atoms with Gasteiger partial charge in [-0.1, -0.05) is 65.7 Å². The summed E-state index contributed by atoms with van der Waals surface area (Å²) in [5.41, 5.74) is 1.36. The maximum Gasteiger partial charge on any atom is 0.322 e. The molecular formula is C27H30Cl2N4O3S. The number of amides is 3. The number of urea groups is 1. The van der Waals surface area contributed by atoms with Gasteiger partial charge in [0.1, 0.15) is 6.54 Å². The normalized spacial score (nSPS) is 13.8. The molecule has 7 nitrogen and oxygen atoms in total. The van der Waals surface area contributed by atoms with Crippen LogP contribution in [0.2, 0.25) is 10.0 Å². The number of nitrogens with zero attached hydrogens (tertiary/aromatic N) is 3. The Kier molecular flexibility index (Phi) is 10.2. The predicted molar refractivity (Wildman–Crippen MR) is 149 cm³/mol. The van der Waals surface area contributed by atoms with E-state index in [-0.39, 0.29) is 12.5 Å². The molecule has 0 saturated carbocycles. The molecule has 0 unspecified atom stereocenters. The number of carbonyl (C=O) groups excluding carboxylic acids is 2. The van der Waals surface area contributed by atoms with Crippen LogP contribution in [0, 0.1) is 0 Å². The minimum absolute atomic E-state index is 0.0730. The highest BCUT2D eigenvalue weighted by molar-refractivity contribution is 7.09. The van der Waals surface area contributed by atoms with Gasteiger partial charge in [0.05, 0.1) is 35.5 Å². The lowest BCUT2D eigenvalue weighted by molar-refractivity contribution is -0.133. The molecule has 0 bridgehead atoms. The molecule has 1 saturated heterocycles. The molecule has 1 fully saturated rings. The largest absolute Gasteiger partial charge is 0.379 e. The molecule has 0 aliphatic carbocycles. The van der Waals surface area contributed by atoms with Crippen molar-refractivity contribution in [2.75, 3.05) is 51.3 Å². The minimum atomic E-state index is -0.424. The van der Waals surface area contributed by atoms with E-state index in [9.17, 15) is 9.59 Å². The number of hydrogen-bond acceptors (Lipinski definition) is 5. The maximum absolute atomic E-state index is 13.6. The van der Waals surface area contributed by atoms with Crippen LogP contribution in [0.3, 0.4) is 0 Å². The molecule has 1 N–H and O–H groups in total. The first-order chi connectivity index (χ1) is 18.0. The van der Waals surface area contributed by atoms with Gasteiger partial charge in [0, 0.05) is 37.6 Å². The Morgan fingerprint density at radius 3 is 2.32 bits per heavy atom. The van der Waals surface area contributed by atoms with Gasteiger partial charge in [0.2, 0.25) is 5.91 Å². The van der Waals surface area contributed by atoms with Gasteiger partial charge in [-0.2, -0.15) is 0 Å². The number of halogens is 2. The SMILES string of the molecule is O=C(CN(CCN1CCOCC1)C(=O)Nc1c(Cl)cccc1Cl)N(Cc1ccccc1)Cc1cccs1. The minimum Gasteiger partial charge on any atom is -0.379 e. The average Bonchev–Trinajstić information content (AvgIpc) is 3.42. The second kappa shape index (κ2) is 13.8. The first-order valence-corrected chi connectivity index (χ1v) is 13.8. The number of benzene rings is 2. The lowest BCUT2D eigenvalue weighted by Gasteiger charge is -2.31. The van der Waals surface area contributed by atoms with Gasteiger partial charge in [0.25, 0.3) is 0 Å². The third-order valence-electron chi connectivity index (χ3n) is 6.09. The van der Waals surface area contributed by atoms with Crippen molar-refractivity contribution in [1.29, 1.82) is 0 Å². The first-order valence-electron chi connectivity index (χ1n) is 12.1. The number of nitrogens with one attached hydrogen (secondary N) is 1. The van der Waals surface area contributed by atoms with Gasteiger partial charge in [0.15, 0.2) is 0 Å². The monoisotopic (exact) mass is 560 g/mol. The fraction of sp³-hybridized carbons (Fsp3) is 0.333. The van der Waals surface area contributed by atoms with Gasteiger partial charge in [-0.3, -0.25) is 9.69 Å². The highest BCUT2D eigenvalue weighted by atomic mass is 35.5. The van der Waals surface area contributed by atoms with Crippen LogP contribution < -0.4 is 5.32 Å². The van der Waals surface area contributed by atoms with Crippen LogP contribution >= 0.6 is 34.5 Å². The van der Waals surface area contributed by atoms with Crippen LogP contribution in [0.1, 0.15) is 10.4 Å². The standard InChI is InChI=1S/C27H30Cl2N4O3S/c28-23-9-4-10-24(29)26(23)30-27(35)32(12-11-31-13-15-36-16-14-31)20-25(34)33(19-22-8-5-17-37-22)18-21-6-2-1-3-7-21/h1-10,17H,11-16,18-20H2,(H,30,35). The zero-order chi connectivity index (χ0) is 26.0. The molecule has 3 amide bonds. The van der Waals surface area contributed by atoms with Gasteiger partial charge >= 0.3 is 6.03 Å². The Hall–Kier alpha value is -2.62. The zero-order valence-corrected chi connectivity index (χ0v) is 22.8. The van der Waals surface area contributed by atoms with Gasteiger partial charge < -0.3 is 19.9 Å². The lowest BCUT2D eigenvalue weighted by Crippen LogP contribution is -2.48. The lowest BCUT2D eigenvalue weighted by atomic mass is 10.2. The van der Waals surface area contributed by atoms with E-state index in [1.807, 2.05) is 47.8 Å². The van der Waals surface area contributed by atoms with E-state index in [0.717, 1.165) is 23.5 Å². The van der Waals surface area contributed by atoms with E-state index in [4.69, 9.17) is 27.9 Å². The quantitative estimate of drug-likeness (QED) is 0.358. The number of rotatable bonds is 10. The summed E-state index contributed by atoms with van der Waals surface area (Å²) < 4.78 is 5.44. The van der Waals surface area contributed by atoms with Crippen LogP contribution in [0.4, 0.5) is 10.5 Å². The topological polar surface area (TPSA) is 65.1 Å². The Morgan fingerprint density at radius 1 is 0.919 bits per heavy atom. The van der Waals surface area contributed by atoms with E-state index in [0.29, 0.717) is 55.1 Å². The molecule has 10 heteroatoms. The fourth-order valence-corrected chi connectivity index (χ4v) is 5.24. The summed E-state index contributed by atoms with van der Waals surface area (Å²) in [5.74, 6) is -0.139. The Labute approximate surface area is 231 Å². The number of ether oxygens (including phenoxy) is 1. The zero-order valence-electron chi connectivity index (χ0n) is 20.4. The van der Waals surface area contributed by atoms with Crippen molar-refractivity contribution in [3.05, 3.63) is 86.5 Å². The van der Waals surface area contributed by atoms with E-state index >= 15 is 0 Å². The molecule has 0 radical (unpaired) electrons. The smallest absolute Gasteiger partial charge is 0.322 e. The number of morpholine rings is 1. The molecule has 196 valence electrons. The van der Waals surface area contributed by atoms with Crippen molar-refractivity contribution in [2.45, 2.75) is 13.1 Å². The van der Waals surface area contributed by atoms with Crippen molar-refractivity contribution >= 4 is 52.2 Å². The number of anilines is 1. The summed E-state index contributed by atoms with van der Waals surface area (Å²) in [7, 11) is 0. The van der Waals surface area contributed by atoms with E-state index in [1.165, 1.54) is 4.90 Å². The Morgan fingerprint density at radius 2 is 1.65 bits per heavy atom. The van der Waals surface area contributed by atoms with Crippen LogP contribution in [-0.4, -0.2) is 72.6 Å². The Balaban J connectivity index is 1.51. The molecule has 0 spiro atoms. The summed E-state index contributed by atoms with van der Waals surface area (Å²) in [6.07, 6.45) is 0. The highest BCUT2D eigenvalue weighted by Crippen LogP contribution is 2.30. The second-order valence-electron chi connectivity index (χ2n) is 8.72. The van der Waals surface area contributed by atoms with Crippen molar-refractivity contribution in [1.82, 2.24) is 14.7 Å². The molecule has 0 atom stereocenters. The summed E-state index contributed by atoms with van der Waals surface area (Å²) in [4.78, 5) is 33.7. The third kappa shape index (κ3) is 8.18. The van der Waals surface area contributed by atoms with E-state index in [2.05, 4.69) is 10.2 Å². The summed E-state index contributed by atoms with van der Waals surface area (Å²) in [5, 5.41) is 5.49. The predicted octanol–water partition coefficient (Wildman–Crippen LogP) is 5.45.